The first-order chi connectivity index (χ1) is 14.1. The third kappa shape index (κ3) is 5.19. The average molecular weight is 427 g/mol. The Hall–Kier alpha value is -2.31. The van der Waals surface area contributed by atoms with Crippen LogP contribution < -0.4 is 5.32 Å². The number of benzene rings is 2. The standard InChI is InChI=1S/C22H23ClN4OS/c1-15(17-9-11-19(23)12-10-17)24-20(28)14-29-22-26-25-21(18-7-8-18)27(22)13-16-5-3-2-4-6-16/h2-6,9-12,15,18H,7-8,13-14H2,1H3,(H,24,28)/t15-/m1/s1. The van der Waals surface area contributed by atoms with Gasteiger partial charge in [-0.3, -0.25) is 4.79 Å². The van der Waals surface area contributed by atoms with Crippen LogP contribution in [0.15, 0.2) is 59.8 Å². The second-order valence-corrected chi connectivity index (χ2v) is 8.70. The zero-order chi connectivity index (χ0) is 20.2. The minimum absolute atomic E-state index is 0.0281. The Bertz CT molecular complexity index is 970. The van der Waals surface area contributed by atoms with Crippen molar-refractivity contribution in [3.8, 4) is 0 Å². The summed E-state index contributed by atoms with van der Waals surface area (Å²) in [6.07, 6.45) is 2.33. The number of aromatic nitrogens is 3. The van der Waals surface area contributed by atoms with Crippen molar-refractivity contribution in [2.24, 2.45) is 0 Å². The van der Waals surface area contributed by atoms with Gasteiger partial charge in [0.1, 0.15) is 5.82 Å². The van der Waals surface area contributed by atoms with Crippen molar-refractivity contribution in [3.63, 3.8) is 0 Å². The number of hydrogen-bond donors (Lipinski definition) is 1. The van der Waals surface area contributed by atoms with E-state index >= 15 is 0 Å². The number of amides is 1. The van der Waals surface area contributed by atoms with E-state index in [1.54, 1.807) is 0 Å². The van der Waals surface area contributed by atoms with Crippen LogP contribution in [0.3, 0.4) is 0 Å². The van der Waals surface area contributed by atoms with E-state index in [1.807, 2.05) is 49.4 Å². The molecule has 0 bridgehead atoms. The molecular weight excluding hydrogens is 404 g/mol. The van der Waals surface area contributed by atoms with Gasteiger partial charge in [-0.15, -0.1) is 10.2 Å². The van der Waals surface area contributed by atoms with Gasteiger partial charge in [0.05, 0.1) is 18.3 Å². The second-order valence-electron chi connectivity index (χ2n) is 7.32. The molecule has 1 saturated carbocycles. The van der Waals surface area contributed by atoms with Crippen LogP contribution in [0.1, 0.15) is 48.7 Å². The Morgan fingerprint density at radius 1 is 1.17 bits per heavy atom. The number of thioether (sulfide) groups is 1. The molecule has 0 saturated heterocycles. The number of hydrogen-bond acceptors (Lipinski definition) is 4. The van der Waals surface area contributed by atoms with Crippen molar-refractivity contribution in [3.05, 3.63) is 76.6 Å². The van der Waals surface area contributed by atoms with Gasteiger partial charge in [-0.1, -0.05) is 65.8 Å². The van der Waals surface area contributed by atoms with Crippen molar-refractivity contribution in [1.82, 2.24) is 20.1 Å². The highest BCUT2D eigenvalue weighted by Gasteiger charge is 2.30. The Balaban J connectivity index is 1.40. The molecule has 0 spiro atoms. The summed E-state index contributed by atoms with van der Waals surface area (Å²) >= 11 is 7.37. The van der Waals surface area contributed by atoms with E-state index in [2.05, 4.69) is 32.2 Å². The van der Waals surface area contributed by atoms with Crippen LogP contribution in [0.2, 0.25) is 5.02 Å². The third-order valence-corrected chi connectivity index (χ3v) is 6.17. The molecule has 0 unspecified atom stereocenters. The van der Waals surface area contributed by atoms with Crippen molar-refractivity contribution in [2.45, 2.75) is 43.4 Å². The van der Waals surface area contributed by atoms with Crippen LogP contribution in [0.25, 0.3) is 0 Å². The number of rotatable bonds is 8. The Kier molecular flexibility index (Phi) is 6.21. The number of nitrogens with zero attached hydrogens (tertiary/aromatic N) is 3. The molecule has 150 valence electrons. The number of halogens is 1. The van der Waals surface area contributed by atoms with Crippen LogP contribution >= 0.6 is 23.4 Å². The van der Waals surface area contributed by atoms with E-state index in [0.717, 1.165) is 35.9 Å². The summed E-state index contributed by atoms with van der Waals surface area (Å²) in [4.78, 5) is 12.5. The van der Waals surface area contributed by atoms with Crippen molar-refractivity contribution in [2.75, 3.05) is 5.75 Å². The zero-order valence-electron chi connectivity index (χ0n) is 16.2. The Morgan fingerprint density at radius 3 is 2.59 bits per heavy atom. The Morgan fingerprint density at radius 2 is 1.90 bits per heavy atom. The predicted octanol–water partition coefficient (Wildman–Crippen LogP) is 4.83. The molecule has 2 aromatic carbocycles. The first-order valence-corrected chi connectivity index (χ1v) is 11.1. The van der Waals surface area contributed by atoms with E-state index in [9.17, 15) is 4.79 Å². The molecule has 3 aromatic rings. The minimum atomic E-state index is -0.0791. The topological polar surface area (TPSA) is 59.8 Å². The Labute approximate surface area is 179 Å². The van der Waals surface area contributed by atoms with E-state index in [-0.39, 0.29) is 11.9 Å². The predicted molar refractivity (Wildman–Crippen MR) is 116 cm³/mol. The summed E-state index contributed by atoms with van der Waals surface area (Å²) in [6, 6.07) is 17.7. The van der Waals surface area contributed by atoms with Crippen molar-refractivity contribution < 1.29 is 4.79 Å². The molecule has 0 aliphatic heterocycles. The molecule has 29 heavy (non-hydrogen) atoms. The SMILES string of the molecule is C[C@@H](NC(=O)CSc1nnc(C2CC2)n1Cc1ccccc1)c1ccc(Cl)cc1. The molecule has 4 rings (SSSR count). The lowest BCUT2D eigenvalue weighted by Gasteiger charge is -2.14. The quantitative estimate of drug-likeness (QED) is 0.524. The molecule has 1 amide bonds. The van der Waals surface area contributed by atoms with Gasteiger partial charge in [-0.25, -0.2) is 0 Å². The number of carbonyl (C=O) groups is 1. The molecule has 5 nitrogen and oxygen atoms in total. The van der Waals surface area contributed by atoms with Gasteiger partial charge in [-0.2, -0.15) is 0 Å². The van der Waals surface area contributed by atoms with Crippen LogP contribution in [0, 0.1) is 0 Å². The highest BCUT2D eigenvalue weighted by atomic mass is 35.5. The van der Waals surface area contributed by atoms with Gasteiger partial charge < -0.3 is 9.88 Å². The van der Waals surface area contributed by atoms with E-state index in [1.165, 1.54) is 17.3 Å². The first kappa shape index (κ1) is 20.0. The fourth-order valence-electron chi connectivity index (χ4n) is 3.21. The van der Waals surface area contributed by atoms with Gasteiger partial charge in [0, 0.05) is 10.9 Å². The molecule has 1 fully saturated rings. The third-order valence-electron chi connectivity index (χ3n) is 4.95. The van der Waals surface area contributed by atoms with Crippen molar-refractivity contribution in [1.29, 1.82) is 0 Å². The summed E-state index contributed by atoms with van der Waals surface area (Å²) in [5.74, 6) is 1.81. The molecule has 1 aliphatic rings. The molecule has 7 heteroatoms. The molecule has 1 atom stereocenters. The maximum Gasteiger partial charge on any atom is 0.230 e. The van der Waals surface area contributed by atoms with Gasteiger partial charge in [0.15, 0.2) is 5.16 Å². The van der Waals surface area contributed by atoms with Gasteiger partial charge in [-0.05, 0) is 43.0 Å². The van der Waals surface area contributed by atoms with E-state index < -0.39 is 0 Å². The molecule has 1 aromatic heterocycles. The van der Waals surface area contributed by atoms with Crippen molar-refractivity contribution >= 4 is 29.3 Å². The normalized spacial score (nSPS) is 14.6. The zero-order valence-corrected chi connectivity index (χ0v) is 17.8. The monoisotopic (exact) mass is 426 g/mol. The molecule has 1 N–H and O–H groups in total. The molecule has 1 heterocycles. The first-order valence-electron chi connectivity index (χ1n) is 9.75. The van der Waals surface area contributed by atoms with Crippen LogP contribution in [-0.2, 0) is 11.3 Å². The lowest BCUT2D eigenvalue weighted by Crippen LogP contribution is -2.28. The maximum absolute atomic E-state index is 12.5. The molecule has 0 radical (unpaired) electrons. The highest BCUT2D eigenvalue weighted by Crippen LogP contribution is 2.40. The summed E-state index contributed by atoms with van der Waals surface area (Å²) in [6.45, 7) is 2.69. The average Bonchev–Trinajstić information content (AvgIpc) is 3.49. The van der Waals surface area contributed by atoms with Crippen LogP contribution in [-0.4, -0.2) is 26.4 Å². The molecular formula is C22H23ClN4OS. The summed E-state index contributed by atoms with van der Waals surface area (Å²) in [7, 11) is 0. The summed E-state index contributed by atoms with van der Waals surface area (Å²) < 4.78 is 2.16. The van der Waals surface area contributed by atoms with Crippen LogP contribution in [0.5, 0.6) is 0 Å². The smallest absolute Gasteiger partial charge is 0.230 e. The maximum atomic E-state index is 12.5. The summed E-state index contributed by atoms with van der Waals surface area (Å²) in [5.41, 5.74) is 2.23. The fraction of sp³-hybridized carbons (Fsp3) is 0.318. The minimum Gasteiger partial charge on any atom is -0.349 e. The second kappa shape index (κ2) is 9.01. The largest absolute Gasteiger partial charge is 0.349 e. The lowest BCUT2D eigenvalue weighted by atomic mass is 10.1. The van der Waals surface area contributed by atoms with Gasteiger partial charge in [0.2, 0.25) is 5.91 Å². The number of carbonyl (C=O) groups excluding carboxylic acids is 1. The highest BCUT2D eigenvalue weighted by molar-refractivity contribution is 7.99. The van der Waals surface area contributed by atoms with Crippen LogP contribution in [0.4, 0.5) is 0 Å². The lowest BCUT2D eigenvalue weighted by molar-refractivity contribution is -0.119. The van der Waals surface area contributed by atoms with E-state index in [4.69, 9.17) is 11.6 Å². The van der Waals surface area contributed by atoms with Gasteiger partial charge in [0.25, 0.3) is 0 Å². The van der Waals surface area contributed by atoms with E-state index in [0.29, 0.717) is 16.7 Å². The fourth-order valence-corrected chi connectivity index (χ4v) is 4.09. The number of nitrogens with one attached hydrogen (secondary N) is 1. The summed E-state index contributed by atoms with van der Waals surface area (Å²) in [5, 5.41) is 13.3. The molecule has 1 aliphatic carbocycles. The van der Waals surface area contributed by atoms with Gasteiger partial charge >= 0.3 is 0 Å².